The van der Waals surface area contributed by atoms with Crippen molar-refractivity contribution in [3.63, 3.8) is 0 Å². The zero-order chi connectivity index (χ0) is 13.8. The van der Waals surface area contributed by atoms with Gasteiger partial charge in [-0.1, -0.05) is 45.0 Å². The van der Waals surface area contributed by atoms with Crippen molar-refractivity contribution in [1.82, 2.24) is 0 Å². The number of benzene rings is 1. The summed E-state index contributed by atoms with van der Waals surface area (Å²) in [4.78, 5) is 0. The minimum absolute atomic E-state index is 0.678. The van der Waals surface area contributed by atoms with Crippen LogP contribution in [0.4, 0.5) is 0 Å². The van der Waals surface area contributed by atoms with E-state index < -0.39 is 0 Å². The van der Waals surface area contributed by atoms with Gasteiger partial charge in [-0.2, -0.15) is 0 Å². The third-order valence-electron chi connectivity index (χ3n) is 5.10. The molecule has 0 aliphatic heterocycles. The van der Waals surface area contributed by atoms with Crippen LogP contribution < -0.4 is 5.73 Å². The van der Waals surface area contributed by atoms with Crippen LogP contribution >= 0.6 is 0 Å². The zero-order valence-electron chi connectivity index (χ0n) is 12.7. The van der Waals surface area contributed by atoms with E-state index in [1.165, 1.54) is 30.4 Å². The van der Waals surface area contributed by atoms with Gasteiger partial charge in [0.1, 0.15) is 0 Å². The maximum Gasteiger partial charge on any atom is -0.00430 e. The fraction of sp³-hybridized carbons (Fsp3) is 0.667. The van der Waals surface area contributed by atoms with Crippen molar-refractivity contribution in [3.8, 4) is 0 Å². The van der Waals surface area contributed by atoms with Gasteiger partial charge in [-0.3, -0.25) is 0 Å². The molecular weight excluding hydrogens is 230 g/mol. The van der Waals surface area contributed by atoms with Crippen LogP contribution in [0.15, 0.2) is 24.3 Å². The minimum Gasteiger partial charge on any atom is -0.330 e. The molecule has 1 aromatic carbocycles. The van der Waals surface area contributed by atoms with Gasteiger partial charge in [0.05, 0.1) is 0 Å². The van der Waals surface area contributed by atoms with Crippen LogP contribution in [0.2, 0.25) is 0 Å². The molecule has 0 aromatic heterocycles. The second-order valence-electron chi connectivity index (χ2n) is 6.51. The molecule has 106 valence electrons. The lowest BCUT2D eigenvalue weighted by Crippen LogP contribution is -2.30. The summed E-state index contributed by atoms with van der Waals surface area (Å²) in [6.07, 6.45) is 5.12. The van der Waals surface area contributed by atoms with E-state index in [-0.39, 0.29) is 0 Å². The largest absolute Gasteiger partial charge is 0.330 e. The average Bonchev–Trinajstić information content (AvgIpc) is 2.46. The molecular formula is C18H29N. The van der Waals surface area contributed by atoms with E-state index in [1.807, 2.05) is 0 Å². The molecule has 1 aliphatic rings. The fourth-order valence-electron chi connectivity index (χ4n) is 3.56. The number of aryl methyl sites for hydroxylation is 1. The highest BCUT2D eigenvalue weighted by Gasteiger charge is 2.31. The summed E-state index contributed by atoms with van der Waals surface area (Å²) < 4.78 is 0. The Morgan fingerprint density at radius 3 is 2.37 bits per heavy atom. The van der Waals surface area contributed by atoms with E-state index in [0.29, 0.717) is 11.8 Å². The predicted molar refractivity (Wildman–Crippen MR) is 83.3 cm³/mol. The van der Waals surface area contributed by atoms with Gasteiger partial charge in [0, 0.05) is 0 Å². The van der Waals surface area contributed by atoms with Crippen molar-refractivity contribution in [3.05, 3.63) is 35.4 Å². The van der Waals surface area contributed by atoms with E-state index in [2.05, 4.69) is 45.0 Å². The van der Waals surface area contributed by atoms with Gasteiger partial charge in [0.25, 0.3) is 0 Å². The highest BCUT2D eigenvalue weighted by atomic mass is 14.6. The number of nitrogens with two attached hydrogens (primary N) is 1. The molecule has 0 amide bonds. The van der Waals surface area contributed by atoms with Crippen molar-refractivity contribution >= 4 is 0 Å². The van der Waals surface area contributed by atoms with Gasteiger partial charge in [0.15, 0.2) is 0 Å². The number of hydrogen-bond acceptors (Lipinski definition) is 1. The van der Waals surface area contributed by atoms with E-state index >= 15 is 0 Å². The molecule has 0 spiro atoms. The van der Waals surface area contributed by atoms with E-state index in [4.69, 9.17) is 5.73 Å². The first-order valence-corrected chi connectivity index (χ1v) is 7.94. The molecule has 3 unspecified atom stereocenters. The fourth-order valence-corrected chi connectivity index (χ4v) is 3.56. The average molecular weight is 259 g/mol. The highest BCUT2D eigenvalue weighted by Crippen LogP contribution is 2.42. The lowest BCUT2D eigenvalue weighted by atomic mass is 9.68. The van der Waals surface area contributed by atoms with Crippen LogP contribution in [-0.2, 0) is 6.42 Å². The van der Waals surface area contributed by atoms with Gasteiger partial charge >= 0.3 is 0 Å². The van der Waals surface area contributed by atoms with Crippen molar-refractivity contribution in [2.45, 2.75) is 52.4 Å². The summed E-state index contributed by atoms with van der Waals surface area (Å²) >= 11 is 0. The Morgan fingerprint density at radius 1 is 1.16 bits per heavy atom. The molecule has 0 heterocycles. The van der Waals surface area contributed by atoms with Gasteiger partial charge in [0.2, 0.25) is 0 Å². The summed E-state index contributed by atoms with van der Waals surface area (Å²) in [5.74, 6) is 3.04. The zero-order valence-corrected chi connectivity index (χ0v) is 12.7. The van der Waals surface area contributed by atoms with Crippen LogP contribution in [0, 0.1) is 17.8 Å². The van der Waals surface area contributed by atoms with E-state index in [1.54, 1.807) is 0 Å². The Morgan fingerprint density at radius 2 is 1.84 bits per heavy atom. The molecule has 2 rings (SSSR count). The maximum absolute atomic E-state index is 6.01. The highest BCUT2D eigenvalue weighted by molar-refractivity contribution is 5.26. The summed E-state index contributed by atoms with van der Waals surface area (Å²) in [6.45, 7) is 7.79. The molecule has 1 heteroatoms. The number of hydrogen-bond donors (Lipinski definition) is 1. The summed E-state index contributed by atoms with van der Waals surface area (Å²) in [6, 6.07) is 9.27. The van der Waals surface area contributed by atoms with Gasteiger partial charge in [-0.05, 0) is 67.0 Å². The first-order valence-electron chi connectivity index (χ1n) is 7.94. The van der Waals surface area contributed by atoms with Crippen LogP contribution in [0.5, 0.6) is 0 Å². The lowest BCUT2D eigenvalue weighted by molar-refractivity contribution is 0.197. The second-order valence-corrected chi connectivity index (χ2v) is 6.51. The lowest BCUT2D eigenvalue weighted by Gasteiger charge is -2.37. The summed E-state index contributed by atoms with van der Waals surface area (Å²) in [7, 11) is 0. The number of rotatable bonds is 4. The molecule has 1 saturated carbocycles. The SMILES string of the molecule is CCc1ccc(C2CC(C(C)C)CCC2CN)cc1. The first-order chi connectivity index (χ1) is 9.15. The van der Waals surface area contributed by atoms with Crippen molar-refractivity contribution < 1.29 is 0 Å². The Kier molecular flexibility index (Phi) is 5.04. The first kappa shape index (κ1) is 14.6. The van der Waals surface area contributed by atoms with Crippen LogP contribution in [-0.4, -0.2) is 6.54 Å². The predicted octanol–water partition coefficient (Wildman–Crippen LogP) is 4.36. The smallest absolute Gasteiger partial charge is 0.00430 e. The van der Waals surface area contributed by atoms with E-state index in [0.717, 1.165) is 24.8 Å². The summed E-state index contributed by atoms with van der Waals surface area (Å²) in [5, 5.41) is 0. The quantitative estimate of drug-likeness (QED) is 0.854. The Balaban J connectivity index is 2.16. The Hall–Kier alpha value is -0.820. The molecule has 2 N–H and O–H groups in total. The summed E-state index contributed by atoms with van der Waals surface area (Å²) in [5.41, 5.74) is 8.96. The monoisotopic (exact) mass is 259 g/mol. The van der Waals surface area contributed by atoms with Gasteiger partial charge < -0.3 is 5.73 Å². The third-order valence-corrected chi connectivity index (χ3v) is 5.10. The molecule has 0 radical (unpaired) electrons. The maximum atomic E-state index is 6.01. The molecule has 0 bridgehead atoms. The second kappa shape index (κ2) is 6.56. The van der Waals surface area contributed by atoms with Gasteiger partial charge in [-0.15, -0.1) is 0 Å². The van der Waals surface area contributed by atoms with E-state index in [9.17, 15) is 0 Å². The van der Waals surface area contributed by atoms with Crippen LogP contribution in [0.25, 0.3) is 0 Å². The molecule has 1 aromatic rings. The molecule has 1 fully saturated rings. The van der Waals surface area contributed by atoms with Crippen molar-refractivity contribution in [2.24, 2.45) is 23.5 Å². The standard InChI is InChI=1S/C18H29N/c1-4-14-5-7-15(8-6-14)18-11-16(13(2)3)9-10-17(18)12-19/h5-8,13,16-18H,4,9-12,19H2,1-3H3. The Labute approximate surface area is 118 Å². The van der Waals surface area contributed by atoms with Crippen LogP contribution in [0.1, 0.15) is 57.1 Å². The molecule has 3 atom stereocenters. The normalized spacial score (nSPS) is 27.7. The van der Waals surface area contributed by atoms with Crippen molar-refractivity contribution in [2.75, 3.05) is 6.54 Å². The molecule has 0 saturated heterocycles. The topological polar surface area (TPSA) is 26.0 Å². The van der Waals surface area contributed by atoms with Gasteiger partial charge in [-0.25, -0.2) is 0 Å². The molecule has 1 nitrogen and oxygen atoms in total. The Bertz CT molecular complexity index is 379. The minimum atomic E-state index is 0.678. The molecule has 19 heavy (non-hydrogen) atoms. The van der Waals surface area contributed by atoms with Crippen LogP contribution in [0.3, 0.4) is 0 Å². The van der Waals surface area contributed by atoms with Crippen molar-refractivity contribution in [1.29, 1.82) is 0 Å². The third kappa shape index (κ3) is 3.39. The molecule has 1 aliphatic carbocycles.